The van der Waals surface area contributed by atoms with Gasteiger partial charge in [-0.15, -0.1) is 0 Å². The molecule has 168 valence electrons. The molecule has 0 N–H and O–H groups in total. The molecule has 1 aliphatic heterocycles. The van der Waals surface area contributed by atoms with E-state index in [0.29, 0.717) is 43.6 Å². The van der Waals surface area contributed by atoms with E-state index in [2.05, 4.69) is 15.0 Å². The molecule has 0 bridgehead atoms. The molecule has 1 aliphatic rings. The first kappa shape index (κ1) is 22.0. The Morgan fingerprint density at radius 1 is 1.22 bits per heavy atom. The van der Waals surface area contributed by atoms with E-state index in [1.807, 2.05) is 51.1 Å². The van der Waals surface area contributed by atoms with E-state index < -0.39 is 0 Å². The van der Waals surface area contributed by atoms with Crippen LogP contribution in [0.4, 0.5) is 0 Å². The van der Waals surface area contributed by atoms with Crippen molar-refractivity contribution in [1.82, 2.24) is 19.9 Å². The van der Waals surface area contributed by atoms with E-state index in [1.165, 1.54) is 0 Å². The van der Waals surface area contributed by atoms with E-state index in [0.717, 1.165) is 22.4 Å². The number of nitrogens with zero attached hydrogens (tertiary/aromatic N) is 4. The lowest BCUT2D eigenvalue weighted by molar-refractivity contribution is -0.0409. The number of amides is 1. The fraction of sp³-hybridized carbons (Fsp3) is 0.417. The number of aryl methyl sites for hydroxylation is 1. The van der Waals surface area contributed by atoms with Crippen molar-refractivity contribution in [3.05, 3.63) is 53.6 Å². The molecule has 8 nitrogen and oxygen atoms in total. The van der Waals surface area contributed by atoms with Crippen molar-refractivity contribution >= 4 is 16.8 Å². The molecule has 1 unspecified atom stereocenters. The summed E-state index contributed by atoms with van der Waals surface area (Å²) in [6, 6.07) is 11.1. The molecule has 1 atom stereocenters. The van der Waals surface area contributed by atoms with Gasteiger partial charge in [-0.3, -0.25) is 4.79 Å². The number of ether oxygens (including phenoxy) is 3. The molecular formula is C24H28N4O4. The lowest BCUT2D eigenvalue weighted by Gasteiger charge is -2.32. The lowest BCUT2D eigenvalue weighted by atomic mass is 10.1. The Morgan fingerprint density at radius 3 is 2.81 bits per heavy atom. The summed E-state index contributed by atoms with van der Waals surface area (Å²) >= 11 is 0. The number of methoxy groups -OCH3 is 1. The number of morpholine rings is 1. The number of hydrogen-bond donors (Lipinski definition) is 0. The normalized spacial score (nSPS) is 16.4. The molecule has 1 amide bonds. The minimum atomic E-state index is -0.257. The summed E-state index contributed by atoms with van der Waals surface area (Å²) in [4.78, 5) is 28.4. The number of rotatable bonds is 6. The number of hydrogen-bond acceptors (Lipinski definition) is 7. The van der Waals surface area contributed by atoms with E-state index >= 15 is 0 Å². The Morgan fingerprint density at radius 2 is 2.03 bits per heavy atom. The third kappa shape index (κ3) is 4.80. The zero-order valence-electron chi connectivity index (χ0n) is 18.9. The summed E-state index contributed by atoms with van der Waals surface area (Å²) in [5.41, 5.74) is 1.94. The highest BCUT2D eigenvalue weighted by molar-refractivity contribution is 5.97. The maximum Gasteiger partial charge on any atom is 0.272 e. The first-order valence-corrected chi connectivity index (χ1v) is 10.8. The van der Waals surface area contributed by atoms with Crippen molar-refractivity contribution in [2.45, 2.75) is 32.8 Å². The fourth-order valence-corrected chi connectivity index (χ4v) is 3.66. The Hall–Kier alpha value is -3.26. The van der Waals surface area contributed by atoms with Gasteiger partial charge in [0.25, 0.3) is 5.91 Å². The number of benzene rings is 1. The number of carbonyl (C=O) groups excluding carboxylic acids is 1. The zero-order valence-corrected chi connectivity index (χ0v) is 18.9. The summed E-state index contributed by atoms with van der Waals surface area (Å²) in [7, 11) is 1.59. The molecule has 1 aromatic carbocycles. The van der Waals surface area contributed by atoms with Crippen LogP contribution < -0.4 is 9.47 Å². The number of fused-ring (bicyclic) bond motifs is 1. The van der Waals surface area contributed by atoms with Crippen LogP contribution in [0.1, 0.15) is 41.8 Å². The van der Waals surface area contributed by atoms with Crippen molar-refractivity contribution in [3.63, 3.8) is 0 Å². The van der Waals surface area contributed by atoms with Gasteiger partial charge in [-0.25, -0.2) is 9.97 Å². The largest absolute Gasteiger partial charge is 0.496 e. The van der Waals surface area contributed by atoms with Gasteiger partial charge in [0.1, 0.15) is 30.0 Å². The van der Waals surface area contributed by atoms with Crippen LogP contribution in [0.2, 0.25) is 0 Å². The van der Waals surface area contributed by atoms with Crippen LogP contribution >= 0.6 is 0 Å². The van der Waals surface area contributed by atoms with Crippen LogP contribution in [0.25, 0.3) is 10.9 Å². The Kier molecular flexibility index (Phi) is 6.50. The minimum Gasteiger partial charge on any atom is -0.496 e. The van der Waals surface area contributed by atoms with Gasteiger partial charge in [-0.2, -0.15) is 4.98 Å². The van der Waals surface area contributed by atoms with Crippen molar-refractivity contribution in [2.75, 3.05) is 33.4 Å². The molecule has 3 aromatic rings. The standard InChI is InChI=1S/C24H28N4O4/c1-15(2)23-25-16(3)11-22(27-23)32-14-17-13-28(9-10-31-17)24(29)20-12-21(30-4)18-7-5-6-8-19(18)26-20/h5-8,11-12,15,17H,9-10,13-14H2,1-4H3. The van der Waals surface area contributed by atoms with Crippen molar-refractivity contribution in [3.8, 4) is 11.6 Å². The summed E-state index contributed by atoms with van der Waals surface area (Å²) < 4.78 is 17.2. The molecule has 4 rings (SSSR count). The molecule has 0 aliphatic carbocycles. The maximum absolute atomic E-state index is 13.2. The highest BCUT2D eigenvalue weighted by atomic mass is 16.5. The molecule has 8 heteroatoms. The Balaban J connectivity index is 1.45. The van der Waals surface area contributed by atoms with Gasteiger partial charge >= 0.3 is 0 Å². The van der Waals surface area contributed by atoms with Gasteiger partial charge in [0, 0.05) is 35.7 Å². The molecule has 0 radical (unpaired) electrons. The van der Waals surface area contributed by atoms with E-state index in [4.69, 9.17) is 14.2 Å². The number of para-hydroxylation sites is 1. The van der Waals surface area contributed by atoms with Crippen LogP contribution in [0, 0.1) is 6.92 Å². The summed E-state index contributed by atoms with van der Waals surface area (Å²) in [6.45, 7) is 7.65. The molecule has 1 saturated heterocycles. The first-order valence-electron chi connectivity index (χ1n) is 10.8. The average Bonchev–Trinajstić information content (AvgIpc) is 2.81. The van der Waals surface area contributed by atoms with Crippen LogP contribution in [0.3, 0.4) is 0 Å². The topological polar surface area (TPSA) is 86.7 Å². The zero-order chi connectivity index (χ0) is 22.7. The first-order chi connectivity index (χ1) is 15.4. The SMILES string of the molecule is COc1cc(C(=O)N2CCOC(COc3cc(C)nc(C(C)C)n3)C2)nc2ccccc12. The van der Waals surface area contributed by atoms with Gasteiger partial charge in [0.05, 0.1) is 25.8 Å². The van der Waals surface area contributed by atoms with Gasteiger partial charge in [0.15, 0.2) is 0 Å². The smallest absolute Gasteiger partial charge is 0.272 e. The molecular weight excluding hydrogens is 408 g/mol. The van der Waals surface area contributed by atoms with Gasteiger partial charge in [-0.1, -0.05) is 26.0 Å². The third-order valence-electron chi connectivity index (χ3n) is 5.32. The van der Waals surface area contributed by atoms with Crippen LogP contribution in [-0.4, -0.2) is 65.3 Å². The molecule has 3 heterocycles. The number of carbonyl (C=O) groups is 1. The van der Waals surface area contributed by atoms with Crippen LogP contribution in [0.5, 0.6) is 11.6 Å². The van der Waals surface area contributed by atoms with Crippen molar-refractivity contribution in [2.24, 2.45) is 0 Å². The minimum absolute atomic E-state index is 0.151. The van der Waals surface area contributed by atoms with E-state index in [-0.39, 0.29) is 17.9 Å². The van der Waals surface area contributed by atoms with E-state index in [1.54, 1.807) is 18.1 Å². The third-order valence-corrected chi connectivity index (χ3v) is 5.32. The monoisotopic (exact) mass is 436 g/mol. The second-order valence-electron chi connectivity index (χ2n) is 8.14. The predicted molar refractivity (Wildman–Crippen MR) is 120 cm³/mol. The Labute approximate surface area is 187 Å². The number of pyridine rings is 1. The second kappa shape index (κ2) is 9.48. The molecule has 1 fully saturated rings. The molecule has 0 saturated carbocycles. The Bertz CT molecular complexity index is 1120. The van der Waals surface area contributed by atoms with Gasteiger partial charge in [0.2, 0.25) is 5.88 Å². The summed E-state index contributed by atoms with van der Waals surface area (Å²) in [6.07, 6.45) is -0.257. The van der Waals surface area contributed by atoms with E-state index in [9.17, 15) is 4.79 Å². The quantitative estimate of drug-likeness (QED) is 0.585. The highest BCUT2D eigenvalue weighted by Gasteiger charge is 2.27. The van der Waals surface area contributed by atoms with Crippen LogP contribution in [-0.2, 0) is 4.74 Å². The van der Waals surface area contributed by atoms with Gasteiger partial charge < -0.3 is 19.1 Å². The average molecular weight is 437 g/mol. The second-order valence-corrected chi connectivity index (χ2v) is 8.14. The summed E-state index contributed by atoms with van der Waals surface area (Å²) in [5.74, 6) is 1.96. The molecule has 2 aromatic heterocycles. The van der Waals surface area contributed by atoms with Crippen molar-refractivity contribution < 1.29 is 19.0 Å². The molecule has 32 heavy (non-hydrogen) atoms. The lowest BCUT2D eigenvalue weighted by Crippen LogP contribution is -2.47. The fourth-order valence-electron chi connectivity index (χ4n) is 3.66. The number of aromatic nitrogens is 3. The van der Waals surface area contributed by atoms with Gasteiger partial charge in [-0.05, 0) is 19.1 Å². The summed E-state index contributed by atoms with van der Waals surface area (Å²) in [5, 5.41) is 0.876. The maximum atomic E-state index is 13.2. The predicted octanol–water partition coefficient (Wildman–Crippen LogP) is 3.39. The van der Waals surface area contributed by atoms with Crippen LogP contribution in [0.15, 0.2) is 36.4 Å². The van der Waals surface area contributed by atoms with Crippen molar-refractivity contribution in [1.29, 1.82) is 0 Å². The highest BCUT2D eigenvalue weighted by Crippen LogP contribution is 2.26. The molecule has 0 spiro atoms.